The van der Waals surface area contributed by atoms with Crippen LogP contribution in [0.3, 0.4) is 0 Å². The van der Waals surface area contributed by atoms with Crippen molar-refractivity contribution in [2.75, 3.05) is 0 Å². The second kappa shape index (κ2) is 3.74. The first-order valence-corrected chi connectivity index (χ1v) is 4.84. The fourth-order valence-electron chi connectivity index (χ4n) is 1.83. The van der Waals surface area contributed by atoms with Crippen molar-refractivity contribution < 1.29 is 13.6 Å². The van der Waals surface area contributed by atoms with Gasteiger partial charge in [-0.2, -0.15) is 0 Å². The average molecular weight is 229 g/mol. The average Bonchev–Trinajstić information content (AvgIpc) is 2.48. The van der Waals surface area contributed by atoms with Gasteiger partial charge in [0.2, 0.25) is 5.24 Å². The van der Waals surface area contributed by atoms with Crippen LogP contribution in [0.1, 0.15) is 17.5 Å². The fraction of sp³-hybridized carbons (Fsp3) is 0.182. The van der Waals surface area contributed by atoms with Crippen molar-refractivity contribution >= 4 is 22.4 Å². The monoisotopic (exact) mass is 228 g/mol. The Hall–Kier alpha value is -1.22. The highest BCUT2D eigenvalue weighted by Gasteiger charge is 2.21. The summed E-state index contributed by atoms with van der Waals surface area (Å²) < 4.78 is 26.2. The SMILES string of the molecule is O=C(Cl)C=C1CCc2c(F)cc(F)cc21. The van der Waals surface area contributed by atoms with Crippen LogP contribution in [-0.2, 0) is 11.2 Å². The number of allylic oxidation sites excluding steroid dienone is 2. The van der Waals surface area contributed by atoms with Crippen LogP contribution >= 0.6 is 11.6 Å². The van der Waals surface area contributed by atoms with Crippen molar-refractivity contribution in [1.29, 1.82) is 0 Å². The number of rotatable bonds is 1. The molecule has 0 aromatic heterocycles. The summed E-state index contributed by atoms with van der Waals surface area (Å²) in [6.07, 6.45) is 2.22. The van der Waals surface area contributed by atoms with Crippen LogP contribution < -0.4 is 0 Å². The number of hydrogen-bond acceptors (Lipinski definition) is 1. The fourth-order valence-corrected chi connectivity index (χ4v) is 1.96. The van der Waals surface area contributed by atoms with Crippen molar-refractivity contribution in [2.45, 2.75) is 12.8 Å². The molecular weight excluding hydrogens is 222 g/mol. The summed E-state index contributed by atoms with van der Waals surface area (Å²) in [7, 11) is 0. The zero-order chi connectivity index (χ0) is 11.0. The molecule has 0 N–H and O–H groups in total. The molecule has 0 unspecified atom stereocenters. The van der Waals surface area contributed by atoms with Gasteiger partial charge in [-0.3, -0.25) is 4.79 Å². The molecule has 2 rings (SSSR count). The summed E-state index contributed by atoms with van der Waals surface area (Å²) in [5, 5.41) is -0.623. The van der Waals surface area contributed by atoms with Gasteiger partial charge < -0.3 is 0 Å². The molecule has 0 amide bonds. The maximum Gasteiger partial charge on any atom is 0.245 e. The highest BCUT2D eigenvalue weighted by Crippen LogP contribution is 2.34. The zero-order valence-corrected chi connectivity index (χ0v) is 8.44. The second-order valence-corrected chi connectivity index (χ2v) is 3.76. The molecule has 1 nitrogen and oxygen atoms in total. The van der Waals surface area contributed by atoms with E-state index in [-0.39, 0.29) is 0 Å². The van der Waals surface area contributed by atoms with Crippen LogP contribution in [0.15, 0.2) is 18.2 Å². The molecule has 4 heteroatoms. The standard InChI is InChI=1S/C11H7ClF2O/c12-11(15)3-6-1-2-8-9(6)4-7(13)5-10(8)14/h3-5H,1-2H2. The van der Waals surface area contributed by atoms with E-state index in [0.29, 0.717) is 29.5 Å². The normalized spacial score (nSPS) is 16.9. The third-order valence-corrected chi connectivity index (χ3v) is 2.55. The maximum absolute atomic E-state index is 13.3. The molecule has 0 atom stereocenters. The van der Waals surface area contributed by atoms with Gasteiger partial charge >= 0.3 is 0 Å². The van der Waals surface area contributed by atoms with E-state index in [0.717, 1.165) is 6.07 Å². The van der Waals surface area contributed by atoms with Crippen LogP contribution in [-0.4, -0.2) is 5.24 Å². The minimum atomic E-state index is -0.638. The molecule has 0 heterocycles. The number of carbonyl (C=O) groups is 1. The Bertz CT molecular complexity index is 466. The highest BCUT2D eigenvalue weighted by molar-refractivity contribution is 6.67. The van der Waals surface area contributed by atoms with Crippen molar-refractivity contribution in [2.24, 2.45) is 0 Å². The Balaban J connectivity index is 2.55. The largest absolute Gasteiger partial charge is 0.276 e. The van der Waals surface area contributed by atoms with Gasteiger partial charge in [-0.05, 0) is 47.2 Å². The molecule has 0 radical (unpaired) electrons. The summed E-state index contributed by atoms with van der Waals surface area (Å²) >= 11 is 5.20. The Morgan fingerprint density at radius 2 is 2.07 bits per heavy atom. The van der Waals surface area contributed by atoms with Crippen molar-refractivity contribution in [3.05, 3.63) is 41.0 Å². The first-order valence-electron chi connectivity index (χ1n) is 4.46. The Morgan fingerprint density at radius 1 is 1.33 bits per heavy atom. The van der Waals surface area contributed by atoms with Crippen molar-refractivity contribution in [3.8, 4) is 0 Å². The van der Waals surface area contributed by atoms with Crippen molar-refractivity contribution in [1.82, 2.24) is 0 Å². The van der Waals surface area contributed by atoms with E-state index in [1.54, 1.807) is 0 Å². The minimum absolute atomic E-state index is 0.459. The van der Waals surface area contributed by atoms with E-state index in [9.17, 15) is 13.6 Å². The van der Waals surface area contributed by atoms with E-state index >= 15 is 0 Å². The number of hydrogen-bond donors (Lipinski definition) is 0. The molecule has 0 aliphatic heterocycles. The second-order valence-electron chi connectivity index (χ2n) is 3.39. The predicted octanol–water partition coefficient (Wildman–Crippen LogP) is 3.06. The quantitative estimate of drug-likeness (QED) is 0.533. The number of fused-ring (bicyclic) bond motifs is 1. The lowest BCUT2D eigenvalue weighted by molar-refractivity contribution is -0.107. The summed E-state index contributed by atoms with van der Waals surface area (Å²) in [5.41, 5.74) is 1.52. The predicted molar refractivity (Wildman–Crippen MR) is 53.5 cm³/mol. The number of benzene rings is 1. The molecule has 0 spiro atoms. The summed E-state index contributed by atoms with van der Waals surface area (Å²) in [5.74, 6) is -1.20. The van der Waals surface area contributed by atoms with Gasteiger partial charge in [-0.15, -0.1) is 0 Å². The van der Waals surface area contributed by atoms with Crippen LogP contribution in [0.25, 0.3) is 5.57 Å². The van der Waals surface area contributed by atoms with E-state index in [1.165, 1.54) is 12.1 Å². The Morgan fingerprint density at radius 3 is 2.73 bits per heavy atom. The maximum atomic E-state index is 13.3. The molecule has 0 bridgehead atoms. The lowest BCUT2D eigenvalue weighted by Gasteiger charge is -2.01. The molecule has 78 valence electrons. The van der Waals surface area contributed by atoms with Crippen LogP contribution in [0.5, 0.6) is 0 Å². The lowest BCUT2D eigenvalue weighted by atomic mass is 10.1. The molecule has 1 aliphatic carbocycles. The summed E-state index contributed by atoms with van der Waals surface area (Å²) in [6.45, 7) is 0. The number of halogens is 3. The lowest BCUT2D eigenvalue weighted by Crippen LogP contribution is -1.90. The molecule has 0 fully saturated rings. The van der Waals surface area contributed by atoms with E-state index in [2.05, 4.69) is 0 Å². The molecule has 1 aromatic rings. The van der Waals surface area contributed by atoms with Gasteiger partial charge in [0, 0.05) is 12.1 Å². The molecular formula is C11H7ClF2O. The summed E-state index contributed by atoms with van der Waals surface area (Å²) in [4.78, 5) is 10.7. The smallest absolute Gasteiger partial charge is 0.245 e. The van der Waals surface area contributed by atoms with Gasteiger partial charge in [-0.25, -0.2) is 8.78 Å². The van der Waals surface area contributed by atoms with Crippen molar-refractivity contribution in [3.63, 3.8) is 0 Å². The number of carbonyl (C=O) groups excluding carboxylic acids is 1. The Kier molecular flexibility index (Phi) is 2.57. The molecule has 0 saturated heterocycles. The van der Waals surface area contributed by atoms with Crippen LogP contribution in [0.2, 0.25) is 0 Å². The topological polar surface area (TPSA) is 17.1 Å². The van der Waals surface area contributed by atoms with Crippen LogP contribution in [0, 0.1) is 11.6 Å². The van der Waals surface area contributed by atoms with E-state index in [4.69, 9.17) is 11.6 Å². The first-order chi connectivity index (χ1) is 7.08. The first kappa shape index (κ1) is 10.3. The molecule has 15 heavy (non-hydrogen) atoms. The minimum Gasteiger partial charge on any atom is -0.276 e. The van der Waals surface area contributed by atoms with Gasteiger partial charge in [0.15, 0.2) is 0 Å². The van der Waals surface area contributed by atoms with Gasteiger partial charge in [0.1, 0.15) is 11.6 Å². The van der Waals surface area contributed by atoms with E-state index < -0.39 is 16.9 Å². The Labute approximate surface area is 90.4 Å². The third kappa shape index (κ3) is 1.92. The summed E-state index contributed by atoms with van der Waals surface area (Å²) in [6, 6.07) is 2.08. The van der Waals surface area contributed by atoms with Gasteiger partial charge in [-0.1, -0.05) is 0 Å². The van der Waals surface area contributed by atoms with Gasteiger partial charge in [0.25, 0.3) is 0 Å². The third-order valence-electron chi connectivity index (χ3n) is 2.44. The van der Waals surface area contributed by atoms with E-state index in [1.807, 2.05) is 0 Å². The molecule has 0 saturated carbocycles. The molecule has 1 aromatic carbocycles. The zero-order valence-electron chi connectivity index (χ0n) is 7.69. The highest BCUT2D eigenvalue weighted by atomic mass is 35.5. The van der Waals surface area contributed by atoms with Gasteiger partial charge in [0.05, 0.1) is 0 Å². The van der Waals surface area contributed by atoms with Crippen LogP contribution in [0.4, 0.5) is 8.78 Å². The molecule has 1 aliphatic rings.